The highest BCUT2D eigenvalue weighted by atomic mass is 16.3. The summed E-state index contributed by atoms with van der Waals surface area (Å²) in [6, 6.07) is 1.90. The third-order valence-corrected chi connectivity index (χ3v) is 2.58. The van der Waals surface area contributed by atoms with Crippen LogP contribution in [0.4, 0.5) is 0 Å². The molecule has 0 aliphatic heterocycles. The molecule has 2 N–H and O–H groups in total. The van der Waals surface area contributed by atoms with Crippen molar-refractivity contribution in [2.75, 3.05) is 6.54 Å². The molecule has 2 heterocycles. The minimum absolute atomic E-state index is 0.0779. The van der Waals surface area contributed by atoms with Gasteiger partial charge in [0.15, 0.2) is 5.82 Å². The first-order valence-electron chi connectivity index (χ1n) is 6.10. The van der Waals surface area contributed by atoms with Gasteiger partial charge in [0.25, 0.3) is 5.78 Å². The van der Waals surface area contributed by atoms with Crippen molar-refractivity contribution in [2.45, 2.75) is 33.3 Å². The Hall–Kier alpha value is -2.02. The molecule has 1 unspecified atom stereocenters. The predicted octanol–water partition coefficient (Wildman–Crippen LogP) is -0.219. The first-order chi connectivity index (χ1) is 8.95. The first-order valence-corrected chi connectivity index (χ1v) is 6.10. The molecular formula is C12H17N5O2. The number of hydrogen-bond acceptors (Lipinski definition) is 5. The van der Waals surface area contributed by atoms with Crippen molar-refractivity contribution in [1.29, 1.82) is 0 Å². The fraction of sp³-hybridized carbons (Fsp3) is 0.500. The van der Waals surface area contributed by atoms with Crippen molar-refractivity contribution in [2.24, 2.45) is 0 Å². The summed E-state index contributed by atoms with van der Waals surface area (Å²) in [5.41, 5.74) is 1.79. The first kappa shape index (κ1) is 13.4. The van der Waals surface area contributed by atoms with Crippen LogP contribution in [-0.2, 0) is 11.2 Å². The molecule has 2 rings (SSSR count). The van der Waals surface area contributed by atoms with E-state index in [0.717, 1.165) is 11.4 Å². The third-order valence-electron chi connectivity index (χ3n) is 2.58. The summed E-state index contributed by atoms with van der Waals surface area (Å²) in [6.07, 6.45) is -0.487. The molecular weight excluding hydrogens is 246 g/mol. The zero-order valence-electron chi connectivity index (χ0n) is 11.2. The van der Waals surface area contributed by atoms with E-state index < -0.39 is 6.10 Å². The van der Waals surface area contributed by atoms with E-state index in [9.17, 15) is 4.79 Å². The Morgan fingerprint density at radius 3 is 2.89 bits per heavy atom. The Balaban J connectivity index is 2.13. The summed E-state index contributed by atoms with van der Waals surface area (Å²) in [6.45, 7) is 5.63. The fourth-order valence-corrected chi connectivity index (χ4v) is 1.75. The van der Waals surface area contributed by atoms with Gasteiger partial charge in [-0.3, -0.25) is 4.79 Å². The maximum absolute atomic E-state index is 11.6. The molecule has 7 heteroatoms. The molecule has 0 spiro atoms. The number of fused-ring (bicyclic) bond motifs is 1. The van der Waals surface area contributed by atoms with Crippen molar-refractivity contribution < 1.29 is 9.90 Å². The van der Waals surface area contributed by atoms with Crippen LogP contribution in [0.3, 0.4) is 0 Å². The second kappa shape index (κ2) is 5.31. The molecule has 2 aromatic heterocycles. The Morgan fingerprint density at radius 2 is 2.21 bits per heavy atom. The van der Waals surface area contributed by atoms with E-state index in [0.29, 0.717) is 11.6 Å². The number of nitrogens with one attached hydrogen (secondary N) is 1. The predicted molar refractivity (Wildman–Crippen MR) is 68.7 cm³/mol. The molecule has 0 radical (unpaired) electrons. The normalized spacial score (nSPS) is 12.6. The number of aliphatic hydroxyl groups is 1. The lowest BCUT2D eigenvalue weighted by Crippen LogP contribution is -2.31. The topological polar surface area (TPSA) is 92.4 Å². The van der Waals surface area contributed by atoms with Crippen LogP contribution >= 0.6 is 0 Å². The van der Waals surface area contributed by atoms with Gasteiger partial charge in [-0.2, -0.15) is 4.98 Å². The Bertz CT molecular complexity index is 605. The molecule has 19 heavy (non-hydrogen) atoms. The Labute approximate surface area is 110 Å². The Morgan fingerprint density at radius 1 is 1.47 bits per heavy atom. The monoisotopic (exact) mass is 263 g/mol. The van der Waals surface area contributed by atoms with Gasteiger partial charge >= 0.3 is 0 Å². The number of aromatic nitrogens is 4. The van der Waals surface area contributed by atoms with Gasteiger partial charge in [-0.05, 0) is 26.8 Å². The summed E-state index contributed by atoms with van der Waals surface area (Å²) < 4.78 is 1.62. The van der Waals surface area contributed by atoms with Gasteiger partial charge in [-0.25, -0.2) is 9.50 Å². The second-order valence-corrected chi connectivity index (χ2v) is 4.61. The van der Waals surface area contributed by atoms with Crippen LogP contribution in [-0.4, -0.2) is 43.2 Å². The highest BCUT2D eigenvalue weighted by molar-refractivity contribution is 5.77. The highest BCUT2D eigenvalue weighted by Gasteiger charge is 2.11. The number of nitrogens with zero attached hydrogens (tertiary/aromatic N) is 4. The van der Waals surface area contributed by atoms with Gasteiger partial charge in [0.2, 0.25) is 5.91 Å². The van der Waals surface area contributed by atoms with Crippen LogP contribution in [0.25, 0.3) is 5.78 Å². The zero-order valence-corrected chi connectivity index (χ0v) is 11.2. The van der Waals surface area contributed by atoms with Gasteiger partial charge in [0.05, 0.1) is 12.5 Å². The lowest BCUT2D eigenvalue weighted by Gasteiger charge is -2.04. The third kappa shape index (κ3) is 3.25. The molecule has 0 aliphatic carbocycles. The maximum atomic E-state index is 11.6. The van der Waals surface area contributed by atoms with E-state index in [4.69, 9.17) is 5.11 Å². The van der Waals surface area contributed by atoms with Crippen LogP contribution in [0.1, 0.15) is 24.1 Å². The lowest BCUT2D eigenvalue weighted by molar-refractivity contribution is -0.120. The van der Waals surface area contributed by atoms with E-state index in [-0.39, 0.29) is 18.9 Å². The fourth-order valence-electron chi connectivity index (χ4n) is 1.75. The minimum atomic E-state index is -0.565. The van der Waals surface area contributed by atoms with Gasteiger partial charge in [-0.15, -0.1) is 5.10 Å². The SMILES string of the molecule is Cc1cc(C)n2nc(CC(=O)NCC(C)O)nc2n1. The molecule has 1 atom stereocenters. The molecule has 0 saturated heterocycles. The average Bonchev–Trinajstić information content (AvgIpc) is 2.69. The van der Waals surface area contributed by atoms with Gasteiger partial charge in [0.1, 0.15) is 0 Å². The molecule has 102 valence electrons. The number of rotatable bonds is 4. The van der Waals surface area contributed by atoms with E-state index >= 15 is 0 Å². The summed E-state index contributed by atoms with van der Waals surface area (Å²) in [4.78, 5) is 20.1. The number of hydrogen-bond donors (Lipinski definition) is 2. The number of carbonyl (C=O) groups excluding carboxylic acids is 1. The van der Waals surface area contributed by atoms with E-state index in [1.54, 1.807) is 11.4 Å². The van der Waals surface area contributed by atoms with Crippen molar-refractivity contribution in [3.8, 4) is 0 Å². The maximum Gasteiger partial charge on any atom is 0.252 e. The summed E-state index contributed by atoms with van der Waals surface area (Å²) in [5.74, 6) is 0.700. The molecule has 1 amide bonds. The van der Waals surface area contributed by atoms with Crippen molar-refractivity contribution in [3.63, 3.8) is 0 Å². The van der Waals surface area contributed by atoms with E-state index in [1.165, 1.54) is 0 Å². The van der Waals surface area contributed by atoms with Gasteiger partial charge < -0.3 is 10.4 Å². The second-order valence-electron chi connectivity index (χ2n) is 4.61. The van der Waals surface area contributed by atoms with Gasteiger partial charge in [0, 0.05) is 17.9 Å². The van der Waals surface area contributed by atoms with Crippen molar-refractivity contribution >= 4 is 11.7 Å². The van der Waals surface area contributed by atoms with Crippen LogP contribution in [0, 0.1) is 13.8 Å². The minimum Gasteiger partial charge on any atom is -0.392 e. The van der Waals surface area contributed by atoms with Gasteiger partial charge in [-0.1, -0.05) is 0 Å². The lowest BCUT2D eigenvalue weighted by atomic mass is 10.3. The van der Waals surface area contributed by atoms with Crippen LogP contribution in [0.15, 0.2) is 6.07 Å². The largest absolute Gasteiger partial charge is 0.392 e. The highest BCUT2D eigenvalue weighted by Crippen LogP contribution is 2.05. The number of amides is 1. The van der Waals surface area contributed by atoms with Crippen LogP contribution < -0.4 is 5.32 Å². The van der Waals surface area contributed by atoms with E-state index in [1.807, 2.05) is 19.9 Å². The smallest absolute Gasteiger partial charge is 0.252 e. The molecule has 0 saturated carbocycles. The molecule has 2 aromatic rings. The standard InChI is InChI=1S/C12H17N5O2/c1-7-4-8(2)17-12(14-7)15-10(16-17)5-11(19)13-6-9(3)18/h4,9,18H,5-6H2,1-3H3,(H,13,19). The summed E-state index contributed by atoms with van der Waals surface area (Å²) in [7, 11) is 0. The summed E-state index contributed by atoms with van der Waals surface area (Å²) in [5, 5.41) is 15.9. The summed E-state index contributed by atoms with van der Waals surface area (Å²) >= 11 is 0. The van der Waals surface area contributed by atoms with E-state index in [2.05, 4.69) is 20.4 Å². The molecule has 0 bridgehead atoms. The molecule has 0 fully saturated rings. The van der Waals surface area contributed by atoms with Crippen LogP contribution in [0.2, 0.25) is 0 Å². The number of carbonyl (C=O) groups is 1. The molecule has 0 aliphatic rings. The number of aliphatic hydroxyl groups excluding tert-OH is 1. The zero-order chi connectivity index (χ0) is 14.0. The van der Waals surface area contributed by atoms with Crippen LogP contribution in [0.5, 0.6) is 0 Å². The number of aryl methyl sites for hydroxylation is 2. The van der Waals surface area contributed by atoms with Crippen molar-refractivity contribution in [1.82, 2.24) is 24.9 Å². The Kier molecular flexibility index (Phi) is 3.75. The average molecular weight is 263 g/mol. The van der Waals surface area contributed by atoms with Crippen molar-refractivity contribution in [3.05, 3.63) is 23.3 Å². The quantitative estimate of drug-likeness (QED) is 0.795. The molecule has 0 aromatic carbocycles. The molecule has 7 nitrogen and oxygen atoms in total.